The predicted octanol–water partition coefficient (Wildman–Crippen LogP) is -0.727. The number of rotatable bonds is 4. The van der Waals surface area contributed by atoms with Gasteiger partial charge in [0.05, 0.1) is 12.3 Å². The van der Waals surface area contributed by atoms with E-state index in [1.165, 1.54) is 10.9 Å². The molecule has 98 valence electrons. The summed E-state index contributed by atoms with van der Waals surface area (Å²) in [7, 11) is 0. The second-order valence-electron chi connectivity index (χ2n) is 4.04. The summed E-state index contributed by atoms with van der Waals surface area (Å²) in [4.78, 5) is 24.2. The summed E-state index contributed by atoms with van der Waals surface area (Å²) in [5.74, 6) is -0.340. The number of hydrogen-bond acceptors (Lipinski definition) is 5. The third kappa shape index (κ3) is 2.48. The number of imide groups is 1. The molecule has 0 bridgehead atoms. The van der Waals surface area contributed by atoms with Crippen molar-refractivity contribution in [2.24, 2.45) is 0 Å². The molecule has 1 aliphatic rings. The number of nitrogens with one attached hydrogen (secondary N) is 1. The number of urea groups is 1. The third-order valence-electron chi connectivity index (χ3n) is 2.74. The van der Waals surface area contributed by atoms with Crippen molar-refractivity contribution in [3.05, 3.63) is 11.9 Å². The zero-order chi connectivity index (χ0) is 13.1. The number of aromatic nitrogens is 3. The monoisotopic (exact) mass is 253 g/mol. The van der Waals surface area contributed by atoms with Crippen molar-refractivity contribution < 1.29 is 14.7 Å². The molecule has 1 aliphatic heterocycles. The van der Waals surface area contributed by atoms with Crippen LogP contribution in [0.1, 0.15) is 25.1 Å². The van der Waals surface area contributed by atoms with Crippen LogP contribution in [0.2, 0.25) is 0 Å². The lowest BCUT2D eigenvalue weighted by Gasteiger charge is -2.11. The summed E-state index contributed by atoms with van der Waals surface area (Å²) in [5.41, 5.74) is 0.427. The van der Waals surface area contributed by atoms with Gasteiger partial charge in [-0.2, -0.15) is 0 Å². The Balaban J connectivity index is 1.99. The molecule has 8 heteroatoms. The molecule has 2 rings (SSSR count). The van der Waals surface area contributed by atoms with Crippen LogP contribution in [0.3, 0.4) is 0 Å². The molecule has 8 nitrogen and oxygen atoms in total. The van der Waals surface area contributed by atoms with Crippen LogP contribution in [0.15, 0.2) is 6.20 Å². The van der Waals surface area contributed by atoms with Crippen LogP contribution in [0.4, 0.5) is 4.79 Å². The molecule has 1 saturated heterocycles. The molecule has 0 spiro atoms. The molecule has 3 amide bonds. The number of hydrogen-bond donors (Lipinski definition) is 2. The van der Waals surface area contributed by atoms with Gasteiger partial charge in [0, 0.05) is 13.1 Å². The normalized spacial score (nSPS) is 16.8. The summed E-state index contributed by atoms with van der Waals surface area (Å²) in [6.45, 7) is 2.61. The van der Waals surface area contributed by atoms with Crippen molar-refractivity contribution in [1.29, 1.82) is 0 Å². The molecule has 1 aromatic rings. The molecule has 0 saturated carbocycles. The SMILES string of the molecule is CCC(O)c1cn(CC(=O)N2CCNC2=O)nn1. The van der Waals surface area contributed by atoms with Crippen molar-refractivity contribution >= 4 is 11.9 Å². The van der Waals surface area contributed by atoms with E-state index in [1.807, 2.05) is 6.92 Å². The van der Waals surface area contributed by atoms with Gasteiger partial charge in [-0.25, -0.2) is 9.48 Å². The smallest absolute Gasteiger partial charge is 0.324 e. The highest BCUT2D eigenvalue weighted by Gasteiger charge is 2.26. The second-order valence-corrected chi connectivity index (χ2v) is 4.04. The molecular weight excluding hydrogens is 238 g/mol. The molecular formula is C10H15N5O3. The van der Waals surface area contributed by atoms with E-state index in [-0.39, 0.29) is 18.5 Å². The van der Waals surface area contributed by atoms with Crippen LogP contribution in [-0.4, -0.2) is 50.0 Å². The largest absolute Gasteiger partial charge is 0.387 e. The van der Waals surface area contributed by atoms with Crippen LogP contribution in [0.5, 0.6) is 0 Å². The number of carbonyl (C=O) groups excluding carboxylic acids is 2. The molecule has 2 heterocycles. The second kappa shape index (κ2) is 5.13. The Morgan fingerprint density at radius 2 is 2.44 bits per heavy atom. The Morgan fingerprint density at radius 3 is 3.06 bits per heavy atom. The first-order valence-electron chi connectivity index (χ1n) is 5.78. The highest BCUT2D eigenvalue weighted by molar-refractivity contribution is 5.95. The first-order chi connectivity index (χ1) is 8.61. The molecule has 1 atom stereocenters. The minimum atomic E-state index is -0.677. The van der Waals surface area contributed by atoms with Gasteiger partial charge in [-0.15, -0.1) is 5.10 Å². The van der Waals surface area contributed by atoms with Gasteiger partial charge in [0.25, 0.3) is 5.91 Å². The molecule has 0 aromatic carbocycles. The van der Waals surface area contributed by atoms with E-state index >= 15 is 0 Å². The highest BCUT2D eigenvalue weighted by atomic mass is 16.3. The fraction of sp³-hybridized carbons (Fsp3) is 0.600. The van der Waals surface area contributed by atoms with Gasteiger partial charge in [-0.3, -0.25) is 9.69 Å². The van der Waals surface area contributed by atoms with E-state index in [1.54, 1.807) is 0 Å². The number of carbonyl (C=O) groups is 2. The summed E-state index contributed by atoms with van der Waals surface area (Å²) in [6, 6.07) is -0.381. The molecule has 18 heavy (non-hydrogen) atoms. The predicted molar refractivity (Wildman–Crippen MR) is 60.4 cm³/mol. The fourth-order valence-electron chi connectivity index (χ4n) is 1.69. The van der Waals surface area contributed by atoms with E-state index in [2.05, 4.69) is 15.6 Å². The number of amides is 3. The van der Waals surface area contributed by atoms with E-state index < -0.39 is 6.10 Å². The van der Waals surface area contributed by atoms with E-state index in [0.29, 0.717) is 25.2 Å². The molecule has 0 radical (unpaired) electrons. The standard InChI is InChI=1S/C10H15N5O3/c1-2-8(16)7-5-14(13-12-7)6-9(17)15-4-3-11-10(15)18/h5,8,16H,2-4,6H2,1H3,(H,11,18). The summed E-state index contributed by atoms with van der Waals surface area (Å²) in [6.07, 6.45) is 1.37. The topological polar surface area (TPSA) is 100 Å². The van der Waals surface area contributed by atoms with Crippen molar-refractivity contribution in [1.82, 2.24) is 25.2 Å². The Labute approximate surface area is 104 Å². The maximum Gasteiger partial charge on any atom is 0.324 e. The maximum atomic E-state index is 11.8. The number of aliphatic hydroxyl groups is 1. The van der Waals surface area contributed by atoms with Gasteiger partial charge >= 0.3 is 6.03 Å². The van der Waals surface area contributed by atoms with Gasteiger partial charge in [0.2, 0.25) is 0 Å². The van der Waals surface area contributed by atoms with Crippen molar-refractivity contribution in [3.63, 3.8) is 0 Å². The fourth-order valence-corrected chi connectivity index (χ4v) is 1.69. The van der Waals surface area contributed by atoms with Crippen LogP contribution in [-0.2, 0) is 11.3 Å². The lowest BCUT2D eigenvalue weighted by atomic mass is 10.2. The van der Waals surface area contributed by atoms with Crippen LogP contribution in [0, 0.1) is 0 Å². The minimum absolute atomic E-state index is 0.0587. The van der Waals surface area contributed by atoms with E-state index in [0.717, 1.165) is 4.90 Å². The lowest BCUT2D eigenvalue weighted by Crippen LogP contribution is -2.36. The van der Waals surface area contributed by atoms with Gasteiger partial charge in [-0.1, -0.05) is 12.1 Å². The van der Waals surface area contributed by atoms with E-state index in [4.69, 9.17) is 0 Å². The van der Waals surface area contributed by atoms with Crippen LogP contribution in [0.25, 0.3) is 0 Å². The van der Waals surface area contributed by atoms with E-state index in [9.17, 15) is 14.7 Å². The van der Waals surface area contributed by atoms with Crippen molar-refractivity contribution in [2.75, 3.05) is 13.1 Å². The summed E-state index contributed by atoms with van der Waals surface area (Å²) < 4.78 is 1.32. The van der Waals surface area contributed by atoms with Gasteiger partial charge < -0.3 is 10.4 Å². The Hall–Kier alpha value is -1.96. The average molecular weight is 253 g/mol. The number of aliphatic hydroxyl groups excluding tert-OH is 1. The Bertz CT molecular complexity index is 458. The first-order valence-corrected chi connectivity index (χ1v) is 5.78. The lowest BCUT2D eigenvalue weighted by molar-refractivity contribution is -0.128. The quantitative estimate of drug-likeness (QED) is 0.737. The zero-order valence-corrected chi connectivity index (χ0v) is 10.0. The zero-order valence-electron chi connectivity index (χ0n) is 10.0. The maximum absolute atomic E-state index is 11.8. The summed E-state index contributed by atoms with van der Waals surface area (Å²) in [5, 5.41) is 19.6. The van der Waals surface area contributed by atoms with Gasteiger partial charge in [0.15, 0.2) is 0 Å². The van der Waals surface area contributed by atoms with Crippen LogP contribution < -0.4 is 5.32 Å². The third-order valence-corrected chi connectivity index (χ3v) is 2.74. The summed E-state index contributed by atoms with van der Waals surface area (Å²) >= 11 is 0. The Morgan fingerprint density at radius 1 is 1.67 bits per heavy atom. The molecule has 1 fully saturated rings. The highest BCUT2D eigenvalue weighted by Crippen LogP contribution is 2.12. The minimum Gasteiger partial charge on any atom is -0.387 e. The van der Waals surface area contributed by atoms with Crippen molar-refractivity contribution in [2.45, 2.75) is 26.0 Å². The van der Waals surface area contributed by atoms with Crippen molar-refractivity contribution in [3.8, 4) is 0 Å². The first kappa shape index (κ1) is 12.5. The molecule has 0 aliphatic carbocycles. The molecule has 1 unspecified atom stereocenters. The van der Waals surface area contributed by atoms with Gasteiger partial charge in [-0.05, 0) is 6.42 Å². The average Bonchev–Trinajstić information content (AvgIpc) is 2.97. The van der Waals surface area contributed by atoms with Crippen LogP contribution >= 0.6 is 0 Å². The Kier molecular flexibility index (Phi) is 3.56. The van der Waals surface area contributed by atoms with Gasteiger partial charge in [0.1, 0.15) is 12.2 Å². The molecule has 1 aromatic heterocycles. The molecule has 2 N–H and O–H groups in total. The number of nitrogens with zero attached hydrogens (tertiary/aromatic N) is 4.